The van der Waals surface area contributed by atoms with E-state index in [4.69, 9.17) is 9.52 Å². The van der Waals surface area contributed by atoms with Gasteiger partial charge in [-0.25, -0.2) is 4.98 Å². The zero-order valence-corrected chi connectivity index (χ0v) is 15.1. The fourth-order valence-corrected chi connectivity index (χ4v) is 3.49. The molecule has 1 fully saturated rings. The van der Waals surface area contributed by atoms with Crippen molar-refractivity contribution >= 4 is 51.3 Å². The summed E-state index contributed by atoms with van der Waals surface area (Å²) >= 11 is 2.23. The number of carboxylic acids is 1. The number of halogens is 1. The number of rotatable bonds is 3. The Morgan fingerprint density at radius 1 is 1.28 bits per heavy atom. The number of hydrogen-bond donors (Lipinski definition) is 1. The van der Waals surface area contributed by atoms with Gasteiger partial charge in [-0.15, -0.1) is 0 Å². The number of anilines is 1. The zero-order valence-electron chi connectivity index (χ0n) is 13.0. The van der Waals surface area contributed by atoms with Crippen LogP contribution in [0.15, 0.2) is 46.9 Å². The van der Waals surface area contributed by atoms with Crippen molar-refractivity contribution in [1.29, 1.82) is 0 Å². The Kier molecular flexibility index (Phi) is 3.95. The Hall–Kier alpha value is -2.42. The molecule has 0 radical (unpaired) electrons. The van der Waals surface area contributed by atoms with Crippen LogP contribution in [0.2, 0.25) is 0 Å². The molecule has 7 heteroatoms. The smallest absolute Gasteiger partial charge is 0.308 e. The number of benzene rings is 2. The largest absolute Gasteiger partial charge is 0.481 e. The van der Waals surface area contributed by atoms with Gasteiger partial charge in [0.2, 0.25) is 11.8 Å². The number of carbonyl (C=O) groups excluding carboxylic acids is 1. The number of carboxylic acid groups (broad SMARTS) is 1. The van der Waals surface area contributed by atoms with Crippen LogP contribution in [-0.2, 0) is 9.59 Å². The number of hydrogen-bond acceptors (Lipinski definition) is 4. The van der Waals surface area contributed by atoms with Gasteiger partial charge in [-0.2, -0.15) is 0 Å². The molecule has 1 N–H and O–H groups in total. The van der Waals surface area contributed by atoms with Crippen LogP contribution in [0.25, 0.3) is 22.6 Å². The normalized spacial score (nSPS) is 17.4. The van der Waals surface area contributed by atoms with Gasteiger partial charge in [0, 0.05) is 33.9 Å². The molecule has 3 aromatic rings. The van der Waals surface area contributed by atoms with E-state index in [9.17, 15) is 9.59 Å². The van der Waals surface area contributed by atoms with E-state index in [-0.39, 0.29) is 18.9 Å². The van der Waals surface area contributed by atoms with Crippen LogP contribution in [0, 0.1) is 9.49 Å². The lowest BCUT2D eigenvalue weighted by molar-refractivity contribution is -0.141. The summed E-state index contributed by atoms with van der Waals surface area (Å²) in [6, 6.07) is 13.1. The van der Waals surface area contributed by atoms with Gasteiger partial charge in [-0.3, -0.25) is 9.59 Å². The van der Waals surface area contributed by atoms with Gasteiger partial charge in [0.15, 0.2) is 5.58 Å². The molecule has 0 saturated carbocycles. The fraction of sp³-hybridized carbons (Fsp3) is 0.167. The van der Waals surface area contributed by atoms with Crippen molar-refractivity contribution < 1.29 is 19.1 Å². The first kappa shape index (κ1) is 16.1. The van der Waals surface area contributed by atoms with Crippen molar-refractivity contribution in [3.05, 3.63) is 46.0 Å². The van der Waals surface area contributed by atoms with Gasteiger partial charge >= 0.3 is 5.97 Å². The van der Waals surface area contributed by atoms with E-state index in [0.717, 1.165) is 9.13 Å². The van der Waals surface area contributed by atoms with Crippen LogP contribution in [0.5, 0.6) is 0 Å². The molecular formula is C18H13IN2O4. The summed E-state index contributed by atoms with van der Waals surface area (Å²) in [5.74, 6) is -1.29. The molecule has 0 bridgehead atoms. The number of nitrogens with zero attached hydrogens (tertiary/aromatic N) is 2. The highest BCUT2D eigenvalue weighted by molar-refractivity contribution is 14.1. The lowest BCUT2D eigenvalue weighted by Crippen LogP contribution is -2.25. The Morgan fingerprint density at radius 2 is 2.12 bits per heavy atom. The molecular weight excluding hydrogens is 435 g/mol. The molecule has 1 aliphatic rings. The second-order valence-corrected chi connectivity index (χ2v) is 7.17. The molecule has 4 rings (SSSR count). The third-order valence-electron chi connectivity index (χ3n) is 4.23. The van der Waals surface area contributed by atoms with Crippen LogP contribution in [-0.4, -0.2) is 28.5 Å². The van der Waals surface area contributed by atoms with Crippen LogP contribution in [0.4, 0.5) is 5.69 Å². The summed E-state index contributed by atoms with van der Waals surface area (Å²) in [6.07, 6.45) is 0.0253. The Labute approximate surface area is 156 Å². The van der Waals surface area contributed by atoms with E-state index >= 15 is 0 Å². The molecule has 0 unspecified atom stereocenters. The van der Waals surface area contributed by atoms with Crippen LogP contribution >= 0.6 is 22.6 Å². The molecule has 0 spiro atoms. The molecule has 1 aromatic heterocycles. The number of oxazole rings is 1. The van der Waals surface area contributed by atoms with Crippen LogP contribution < -0.4 is 4.90 Å². The number of fused-ring (bicyclic) bond motifs is 1. The summed E-state index contributed by atoms with van der Waals surface area (Å²) in [7, 11) is 0. The predicted octanol–water partition coefficient (Wildman–Crippen LogP) is 3.54. The van der Waals surface area contributed by atoms with E-state index in [1.165, 1.54) is 4.90 Å². The topological polar surface area (TPSA) is 83.6 Å². The minimum absolute atomic E-state index is 0.0253. The Balaban J connectivity index is 1.69. The molecule has 126 valence electrons. The van der Waals surface area contributed by atoms with Crippen molar-refractivity contribution in [3.8, 4) is 11.5 Å². The summed E-state index contributed by atoms with van der Waals surface area (Å²) in [5.41, 5.74) is 2.77. The summed E-state index contributed by atoms with van der Waals surface area (Å²) in [6.45, 7) is 0.178. The fourth-order valence-electron chi connectivity index (χ4n) is 2.95. The summed E-state index contributed by atoms with van der Waals surface area (Å²) in [4.78, 5) is 29.2. The summed E-state index contributed by atoms with van der Waals surface area (Å²) in [5, 5.41) is 9.11. The molecule has 6 nitrogen and oxygen atoms in total. The highest BCUT2D eigenvalue weighted by atomic mass is 127. The van der Waals surface area contributed by atoms with Gasteiger partial charge in [-0.05, 0) is 52.9 Å². The van der Waals surface area contributed by atoms with Crippen LogP contribution in [0.1, 0.15) is 6.42 Å². The van der Waals surface area contributed by atoms with E-state index in [1.54, 1.807) is 18.2 Å². The van der Waals surface area contributed by atoms with Gasteiger partial charge in [-0.1, -0.05) is 6.07 Å². The number of carbonyl (C=O) groups is 2. The minimum Gasteiger partial charge on any atom is -0.481 e. The average molecular weight is 448 g/mol. The lowest BCUT2D eigenvalue weighted by atomic mass is 10.1. The molecule has 0 aliphatic carbocycles. The number of aliphatic carboxylic acids is 1. The zero-order chi connectivity index (χ0) is 17.6. The first-order valence-electron chi connectivity index (χ1n) is 7.71. The summed E-state index contributed by atoms with van der Waals surface area (Å²) < 4.78 is 6.93. The van der Waals surface area contributed by atoms with E-state index < -0.39 is 11.9 Å². The molecule has 1 atom stereocenters. The lowest BCUT2D eigenvalue weighted by Gasteiger charge is -2.15. The van der Waals surface area contributed by atoms with Crippen molar-refractivity contribution in [2.45, 2.75) is 6.42 Å². The third-order valence-corrected chi connectivity index (χ3v) is 4.90. The minimum atomic E-state index is -0.947. The second-order valence-electron chi connectivity index (χ2n) is 5.93. The molecule has 2 aromatic carbocycles. The monoisotopic (exact) mass is 448 g/mol. The Bertz CT molecular complexity index is 998. The second kappa shape index (κ2) is 6.14. The highest BCUT2D eigenvalue weighted by Gasteiger charge is 2.35. The maximum atomic E-state index is 12.1. The maximum absolute atomic E-state index is 12.1. The molecule has 25 heavy (non-hydrogen) atoms. The van der Waals surface area contributed by atoms with Gasteiger partial charge in [0.1, 0.15) is 5.52 Å². The quantitative estimate of drug-likeness (QED) is 0.620. The number of aromatic nitrogens is 1. The van der Waals surface area contributed by atoms with Crippen LogP contribution in [0.3, 0.4) is 0 Å². The van der Waals surface area contributed by atoms with Gasteiger partial charge in [0.25, 0.3) is 0 Å². The van der Waals surface area contributed by atoms with E-state index in [1.807, 2.05) is 24.3 Å². The predicted molar refractivity (Wildman–Crippen MR) is 100 cm³/mol. The first-order valence-corrected chi connectivity index (χ1v) is 8.79. The SMILES string of the molecule is O=C(O)[C@@H]1CC(=O)N(c2ccc3nc(-c4cccc(I)c4)oc3c2)C1. The molecule has 1 aliphatic heterocycles. The molecule has 2 heterocycles. The third kappa shape index (κ3) is 2.99. The highest BCUT2D eigenvalue weighted by Crippen LogP contribution is 2.31. The van der Waals surface area contributed by atoms with Crippen molar-refractivity contribution in [3.63, 3.8) is 0 Å². The van der Waals surface area contributed by atoms with Gasteiger partial charge < -0.3 is 14.4 Å². The number of amides is 1. The van der Waals surface area contributed by atoms with E-state index in [2.05, 4.69) is 27.6 Å². The molecule has 1 saturated heterocycles. The Morgan fingerprint density at radius 3 is 2.84 bits per heavy atom. The van der Waals surface area contributed by atoms with Crippen molar-refractivity contribution in [2.24, 2.45) is 5.92 Å². The van der Waals surface area contributed by atoms with E-state index in [0.29, 0.717) is 22.7 Å². The van der Waals surface area contributed by atoms with Crippen molar-refractivity contribution in [2.75, 3.05) is 11.4 Å². The standard InChI is InChI=1S/C18H13IN2O4/c19-12-3-1-2-10(6-12)17-20-14-5-4-13(8-15(14)25-17)21-9-11(18(23)24)7-16(21)22/h1-6,8,11H,7,9H2,(H,23,24)/t11-/m1/s1. The van der Waals surface area contributed by atoms with Crippen molar-refractivity contribution in [1.82, 2.24) is 4.98 Å². The molecule has 1 amide bonds. The maximum Gasteiger partial charge on any atom is 0.308 e. The first-order chi connectivity index (χ1) is 12.0. The van der Waals surface area contributed by atoms with Gasteiger partial charge in [0.05, 0.1) is 5.92 Å². The average Bonchev–Trinajstić information content (AvgIpc) is 3.17.